The summed E-state index contributed by atoms with van der Waals surface area (Å²) in [6, 6.07) is 0. The highest BCUT2D eigenvalue weighted by molar-refractivity contribution is 6.45. The summed E-state index contributed by atoms with van der Waals surface area (Å²) < 4.78 is 12.1. The molecule has 0 saturated carbocycles. The van der Waals surface area contributed by atoms with E-state index in [0.717, 1.165) is 24.9 Å². The smallest absolute Gasteiger partial charge is 0.403 e. The van der Waals surface area contributed by atoms with E-state index in [1.807, 2.05) is 0 Å². The molecular formula is C16H32BNO3. The maximum Gasteiger partial charge on any atom is 0.458 e. The summed E-state index contributed by atoms with van der Waals surface area (Å²) >= 11 is 0. The van der Waals surface area contributed by atoms with Crippen LogP contribution in [0.25, 0.3) is 0 Å². The Bertz CT molecular complexity index is 339. The second-order valence-corrected chi connectivity index (χ2v) is 7.03. The van der Waals surface area contributed by atoms with Gasteiger partial charge in [0.05, 0.1) is 16.9 Å². The monoisotopic (exact) mass is 297 g/mol. The van der Waals surface area contributed by atoms with Crippen molar-refractivity contribution in [3.8, 4) is 0 Å². The number of rotatable bonds is 8. The number of oxime groups is 1. The van der Waals surface area contributed by atoms with Gasteiger partial charge < -0.3 is 14.1 Å². The van der Waals surface area contributed by atoms with Crippen molar-refractivity contribution in [3.63, 3.8) is 0 Å². The van der Waals surface area contributed by atoms with Gasteiger partial charge in [0.1, 0.15) is 7.11 Å². The first kappa shape index (κ1) is 18.5. The molecule has 4 nitrogen and oxygen atoms in total. The molecule has 1 atom stereocenters. The summed E-state index contributed by atoms with van der Waals surface area (Å²) in [5.74, 6) is 0.451. The third-order valence-electron chi connectivity index (χ3n) is 4.71. The molecule has 1 saturated heterocycles. The molecule has 0 spiro atoms. The van der Waals surface area contributed by atoms with Gasteiger partial charge in [-0.15, -0.1) is 0 Å². The lowest BCUT2D eigenvalue weighted by Crippen LogP contribution is -2.41. The Labute approximate surface area is 130 Å². The Morgan fingerprint density at radius 3 is 2.24 bits per heavy atom. The summed E-state index contributed by atoms with van der Waals surface area (Å²) in [6.45, 7) is 12.8. The number of unbranched alkanes of at least 4 members (excludes halogenated alkanes) is 1. The molecule has 0 aromatic rings. The summed E-state index contributed by atoms with van der Waals surface area (Å²) in [5, 5.41) is 4.22. The quantitative estimate of drug-likeness (QED) is 0.381. The highest BCUT2D eigenvalue weighted by Crippen LogP contribution is 2.38. The lowest BCUT2D eigenvalue weighted by molar-refractivity contribution is 0.00578. The van der Waals surface area contributed by atoms with Crippen LogP contribution in [0.5, 0.6) is 0 Å². The van der Waals surface area contributed by atoms with Crippen molar-refractivity contribution in [2.45, 2.75) is 84.7 Å². The van der Waals surface area contributed by atoms with Gasteiger partial charge in [-0.05, 0) is 52.8 Å². The van der Waals surface area contributed by atoms with E-state index in [9.17, 15) is 0 Å². The van der Waals surface area contributed by atoms with Gasteiger partial charge in [0.2, 0.25) is 0 Å². The summed E-state index contributed by atoms with van der Waals surface area (Å²) in [7, 11) is 1.46. The first-order chi connectivity index (χ1) is 9.73. The Morgan fingerprint density at radius 1 is 1.19 bits per heavy atom. The molecule has 0 bridgehead atoms. The standard InChI is InChI=1S/C16H32BNO3/c1-8-9-10-13(2)14(18-19-7)11-12-17-20-15(3,4)16(5,6)21-17/h13H,8-12H2,1-7H3/b18-14+. The van der Waals surface area contributed by atoms with Crippen LogP contribution in [0.3, 0.4) is 0 Å². The van der Waals surface area contributed by atoms with E-state index < -0.39 is 0 Å². The van der Waals surface area contributed by atoms with Crippen LogP contribution in [0.4, 0.5) is 0 Å². The van der Waals surface area contributed by atoms with E-state index in [2.05, 4.69) is 46.7 Å². The third-order valence-corrected chi connectivity index (χ3v) is 4.71. The first-order valence-corrected chi connectivity index (χ1v) is 8.19. The Morgan fingerprint density at radius 2 is 1.76 bits per heavy atom. The lowest BCUT2D eigenvalue weighted by Gasteiger charge is -2.32. The molecule has 1 heterocycles. The van der Waals surface area contributed by atoms with Gasteiger partial charge in [0, 0.05) is 0 Å². The van der Waals surface area contributed by atoms with Gasteiger partial charge in [-0.3, -0.25) is 0 Å². The van der Waals surface area contributed by atoms with E-state index in [1.54, 1.807) is 7.11 Å². The topological polar surface area (TPSA) is 40.0 Å². The minimum atomic E-state index is -0.260. The van der Waals surface area contributed by atoms with Crippen LogP contribution < -0.4 is 0 Å². The highest BCUT2D eigenvalue weighted by Gasteiger charge is 2.50. The van der Waals surface area contributed by atoms with Crippen LogP contribution in [0.1, 0.15) is 67.2 Å². The van der Waals surface area contributed by atoms with Crippen molar-refractivity contribution < 1.29 is 14.1 Å². The normalized spacial score (nSPS) is 22.4. The van der Waals surface area contributed by atoms with Gasteiger partial charge in [-0.1, -0.05) is 31.8 Å². The van der Waals surface area contributed by atoms with E-state index in [0.29, 0.717) is 5.92 Å². The zero-order valence-electron chi connectivity index (χ0n) is 14.9. The summed E-state index contributed by atoms with van der Waals surface area (Å²) in [5.41, 5.74) is 0.592. The first-order valence-electron chi connectivity index (χ1n) is 8.19. The van der Waals surface area contributed by atoms with Crippen LogP contribution in [-0.4, -0.2) is 31.1 Å². The van der Waals surface area contributed by atoms with Crippen molar-refractivity contribution in [2.75, 3.05) is 7.11 Å². The molecule has 122 valence electrons. The Kier molecular flexibility index (Phi) is 6.73. The largest absolute Gasteiger partial charge is 0.458 e. The maximum absolute atomic E-state index is 6.04. The van der Waals surface area contributed by atoms with Gasteiger partial charge in [0.25, 0.3) is 0 Å². The summed E-state index contributed by atoms with van der Waals surface area (Å²) in [6.07, 6.45) is 5.27. The zero-order valence-corrected chi connectivity index (χ0v) is 14.9. The van der Waals surface area contributed by atoms with Crippen LogP contribution in [0.15, 0.2) is 5.16 Å². The van der Waals surface area contributed by atoms with Gasteiger partial charge in [0.15, 0.2) is 0 Å². The molecule has 1 unspecified atom stereocenters. The van der Waals surface area contributed by atoms with E-state index in [1.165, 1.54) is 12.8 Å². The minimum Gasteiger partial charge on any atom is -0.403 e. The van der Waals surface area contributed by atoms with Gasteiger partial charge >= 0.3 is 7.12 Å². The molecule has 0 amide bonds. The average molecular weight is 297 g/mol. The summed E-state index contributed by atoms with van der Waals surface area (Å²) in [4.78, 5) is 5.01. The zero-order chi connectivity index (χ0) is 16.1. The highest BCUT2D eigenvalue weighted by atomic mass is 16.7. The Balaban J connectivity index is 2.54. The molecular weight excluding hydrogens is 265 g/mol. The molecule has 0 N–H and O–H groups in total. The van der Waals surface area contributed by atoms with Crippen LogP contribution in [-0.2, 0) is 14.1 Å². The number of hydrogen-bond donors (Lipinski definition) is 0. The van der Waals surface area contributed by atoms with Gasteiger partial charge in [-0.25, -0.2) is 0 Å². The molecule has 1 fully saturated rings. The molecule has 0 aromatic carbocycles. The number of hydrogen-bond acceptors (Lipinski definition) is 4. The van der Waals surface area contributed by atoms with Crippen molar-refractivity contribution in [2.24, 2.45) is 11.1 Å². The Hall–Kier alpha value is -0.545. The van der Waals surface area contributed by atoms with Crippen LogP contribution >= 0.6 is 0 Å². The predicted octanol–water partition coefficient (Wildman–Crippen LogP) is 4.30. The molecule has 1 aliphatic rings. The lowest BCUT2D eigenvalue weighted by atomic mass is 9.80. The fraction of sp³-hybridized carbons (Fsp3) is 0.938. The number of nitrogens with zero attached hydrogens (tertiary/aromatic N) is 1. The average Bonchev–Trinajstić information content (AvgIpc) is 2.60. The molecule has 0 aromatic heterocycles. The van der Waals surface area contributed by atoms with E-state index in [-0.39, 0.29) is 18.3 Å². The fourth-order valence-electron chi connectivity index (χ4n) is 2.52. The molecule has 1 rings (SSSR count). The molecule has 5 heteroatoms. The van der Waals surface area contributed by atoms with Crippen molar-refractivity contribution in [1.82, 2.24) is 0 Å². The molecule has 21 heavy (non-hydrogen) atoms. The second-order valence-electron chi connectivity index (χ2n) is 7.03. The predicted molar refractivity (Wildman–Crippen MR) is 88.6 cm³/mol. The van der Waals surface area contributed by atoms with Crippen LogP contribution in [0, 0.1) is 5.92 Å². The molecule has 1 aliphatic heterocycles. The van der Waals surface area contributed by atoms with E-state index >= 15 is 0 Å². The van der Waals surface area contributed by atoms with Crippen LogP contribution in [0.2, 0.25) is 6.32 Å². The van der Waals surface area contributed by atoms with Gasteiger partial charge in [-0.2, -0.15) is 0 Å². The maximum atomic E-state index is 6.04. The minimum absolute atomic E-state index is 0.157. The van der Waals surface area contributed by atoms with Crippen molar-refractivity contribution in [1.29, 1.82) is 0 Å². The molecule has 0 aliphatic carbocycles. The van der Waals surface area contributed by atoms with Crippen molar-refractivity contribution in [3.05, 3.63) is 0 Å². The SMILES string of the molecule is CCCCC(C)/C(CCB1OC(C)(C)C(C)(C)O1)=N/OC. The van der Waals surface area contributed by atoms with E-state index in [4.69, 9.17) is 14.1 Å². The van der Waals surface area contributed by atoms with Crippen molar-refractivity contribution >= 4 is 12.8 Å². The second kappa shape index (κ2) is 7.64. The molecule has 0 radical (unpaired) electrons. The fourth-order valence-corrected chi connectivity index (χ4v) is 2.52. The third kappa shape index (κ3) is 4.99.